The van der Waals surface area contributed by atoms with Crippen molar-refractivity contribution < 1.29 is 28.2 Å². The van der Waals surface area contributed by atoms with Crippen LogP contribution in [0.15, 0.2) is 0 Å². The fourth-order valence-electron chi connectivity index (χ4n) is 1.34. The predicted molar refractivity (Wildman–Crippen MR) is 50.8 cm³/mol. The average Bonchev–Trinajstić information content (AvgIpc) is 2.09. The summed E-state index contributed by atoms with van der Waals surface area (Å²) in [6, 6.07) is 0.00579. The molecule has 0 bridgehead atoms. The van der Waals surface area contributed by atoms with Crippen molar-refractivity contribution >= 4 is 5.97 Å². The second-order valence-corrected chi connectivity index (χ2v) is 4.01. The summed E-state index contributed by atoms with van der Waals surface area (Å²) in [4.78, 5) is 8.90. The second kappa shape index (κ2) is 5.49. The van der Waals surface area contributed by atoms with E-state index in [-0.39, 0.29) is 6.04 Å². The van der Waals surface area contributed by atoms with Gasteiger partial charge in [-0.1, -0.05) is 12.8 Å². The third kappa shape index (κ3) is 5.32. The van der Waals surface area contributed by atoms with Crippen molar-refractivity contribution in [2.24, 2.45) is 5.73 Å². The van der Waals surface area contributed by atoms with E-state index in [1.165, 1.54) is 6.42 Å². The van der Waals surface area contributed by atoms with Gasteiger partial charge in [-0.15, -0.1) is 0 Å². The molecule has 0 amide bonds. The quantitative estimate of drug-likeness (QED) is 0.598. The molecule has 4 nitrogen and oxygen atoms in total. The molecule has 2 atom stereocenters. The first-order chi connectivity index (χ1) is 7.07. The minimum atomic E-state index is -5.08. The minimum absolute atomic E-state index is 0.00579. The smallest absolute Gasteiger partial charge is 0.475 e. The third-order valence-electron chi connectivity index (χ3n) is 2.49. The zero-order chi connectivity index (χ0) is 13.0. The van der Waals surface area contributed by atoms with E-state index in [0.717, 1.165) is 19.3 Å². The van der Waals surface area contributed by atoms with Gasteiger partial charge in [0.15, 0.2) is 0 Å². The highest BCUT2D eigenvalue weighted by molar-refractivity contribution is 5.73. The lowest BCUT2D eigenvalue weighted by atomic mass is 9.82. The molecule has 2 unspecified atom stereocenters. The van der Waals surface area contributed by atoms with Crippen LogP contribution in [0.25, 0.3) is 0 Å². The molecule has 0 aromatic carbocycles. The number of aliphatic carboxylic acids is 1. The molecule has 0 saturated heterocycles. The van der Waals surface area contributed by atoms with Crippen LogP contribution in [0.3, 0.4) is 0 Å². The molecule has 1 fully saturated rings. The number of halogens is 3. The molecule has 1 rings (SSSR count). The maximum atomic E-state index is 10.6. The van der Waals surface area contributed by atoms with E-state index in [1.807, 2.05) is 6.92 Å². The van der Waals surface area contributed by atoms with Crippen LogP contribution >= 0.6 is 0 Å². The number of rotatable bonds is 0. The highest BCUT2D eigenvalue weighted by Crippen LogP contribution is 2.25. The summed E-state index contributed by atoms with van der Waals surface area (Å²) in [5.74, 6) is -2.76. The van der Waals surface area contributed by atoms with Gasteiger partial charge in [0.25, 0.3) is 0 Å². The number of carboxylic acid groups (broad SMARTS) is 1. The van der Waals surface area contributed by atoms with Crippen molar-refractivity contribution in [3.63, 3.8) is 0 Å². The summed E-state index contributed by atoms with van der Waals surface area (Å²) in [5, 5.41) is 16.6. The first kappa shape index (κ1) is 15.2. The molecule has 4 N–H and O–H groups in total. The van der Waals surface area contributed by atoms with Gasteiger partial charge in [-0.25, -0.2) is 4.79 Å². The Kier molecular flexibility index (Phi) is 5.21. The Morgan fingerprint density at radius 1 is 1.44 bits per heavy atom. The topological polar surface area (TPSA) is 83.5 Å². The lowest BCUT2D eigenvalue weighted by Gasteiger charge is -2.34. The van der Waals surface area contributed by atoms with Crippen molar-refractivity contribution in [3.8, 4) is 0 Å². The van der Waals surface area contributed by atoms with Gasteiger partial charge in [0.05, 0.1) is 5.60 Å². The van der Waals surface area contributed by atoms with E-state index in [0.29, 0.717) is 0 Å². The summed E-state index contributed by atoms with van der Waals surface area (Å²) in [7, 11) is 0. The van der Waals surface area contributed by atoms with E-state index in [4.69, 9.17) is 15.6 Å². The minimum Gasteiger partial charge on any atom is -0.475 e. The summed E-state index contributed by atoms with van der Waals surface area (Å²) in [6.07, 6.45) is -0.931. The van der Waals surface area contributed by atoms with Crippen molar-refractivity contribution in [2.45, 2.75) is 50.4 Å². The van der Waals surface area contributed by atoms with Gasteiger partial charge in [-0.2, -0.15) is 13.2 Å². The molecular weight excluding hydrogens is 227 g/mol. The Morgan fingerprint density at radius 3 is 2.06 bits per heavy atom. The first-order valence-electron chi connectivity index (χ1n) is 4.85. The molecule has 0 aromatic rings. The third-order valence-corrected chi connectivity index (χ3v) is 2.49. The Labute approximate surface area is 91.2 Å². The zero-order valence-corrected chi connectivity index (χ0v) is 8.92. The maximum Gasteiger partial charge on any atom is 0.490 e. The van der Waals surface area contributed by atoms with Crippen molar-refractivity contribution in [2.75, 3.05) is 0 Å². The fraction of sp³-hybridized carbons (Fsp3) is 0.889. The molecule has 0 spiro atoms. The predicted octanol–water partition coefficient (Wildman–Crippen LogP) is 1.27. The summed E-state index contributed by atoms with van der Waals surface area (Å²) in [5.41, 5.74) is 5.08. The molecule has 0 aliphatic heterocycles. The van der Waals surface area contributed by atoms with Crippen LogP contribution in [0.4, 0.5) is 13.2 Å². The van der Waals surface area contributed by atoms with E-state index < -0.39 is 17.7 Å². The van der Waals surface area contributed by atoms with Gasteiger partial charge in [-0.05, 0) is 19.8 Å². The molecule has 1 saturated carbocycles. The lowest BCUT2D eigenvalue weighted by Crippen LogP contribution is -2.47. The lowest BCUT2D eigenvalue weighted by molar-refractivity contribution is -0.192. The normalized spacial score (nSPS) is 30.2. The molecule has 7 heteroatoms. The van der Waals surface area contributed by atoms with E-state index >= 15 is 0 Å². The standard InChI is InChI=1S/C7H15NO.C2HF3O2/c1-7(9)5-3-2-4-6(7)8;3-2(4,5)1(6)7/h6,9H,2-5,8H2,1H3;(H,6,7). The Bertz CT molecular complexity index is 241. The van der Waals surface area contributed by atoms with Crippen LogP contribution in [0.2, 0.25) is 0 Å². The van der Waals surface area contributed by atoms with Crippen LogP contribution < -0.4 is 5.73 Å². The fourth-order valence-corrected chi connectivity index (χ4v) is 1.34. The highest BCUT2D eigenvalue weighted by Gasteiger charge is 2.38. The number of carbonyl (C=O) groups is 1. The number of carboxylic acids is 1. The molecule has 1 aliphatic carbocycles. The number of alkyl halides is 3. The van der Waals surface area contributed by atoms with Crippen molar-refractivity contribution in [1.82, 2.24) is 0 Å². The number of hydrogen-bond donors (Lipinski definition) is 3. The van der Waals surface area contributed by atoms with Crippen LogP contribution in [0, 0.1) is 0 Å². The highest BCUT2D eigenvalue weighted by atomic mass is 19.4. The zero-order valence-electron chi connectivity index (χ0n) is 8.92. The molecule has 0 radical (unpaired) electrons. The van der Waals surface area contributed by atoms with Crippen LogP contribution in [-0.4, -0.2) is 34.0 Å². The van der Waals surface area contributed by atoms with Gasteiger partial charge in [0.1, 0.15) is 0 Å². The van der Waals surface area contributed by atoms with E-state index in [2.05, 4.69) is 0 Å². The van der Waals surface area contributed by atoms with E-state index in [1.54, 1.807) is 0 Å². The van der Waals surface area contributed by atoms with Crippen molar-refractivity contribution in [1.29, 1.82) is 0 Å². The van der Waals surface area contributed by atoms with Gasteiger partial charge in [-0.3, -0.25) is 0 Å². The molecule has 0 aromatic heterocycles. The number of nitrogens with two attached hydrogens (primary N) is 1. The number of aliphatic hydroxyl groups is 1. The number of hydrogen-bond acceptors (Lipinski definition) is 3. The SMILES string of the molecule is CC1(O)CCCCC1N.O=C(O)C(F)(F)F. The molecule has 96 valence electrons. The summed E-state index contributed by atoms with van der Waals surface area (Å²) >= 11 is 0. The Hall–Kier alpha value is -0.820. The maximum absolute atomic E-state index is 10.6. The van der Waals surface area contributed by atoms with Gasteiger partial charge in [0.2, 0.25) is 0 Å². The molecule has 16 heavy (non-hydrogen) atoms. The summed E-state index contributed by atoms with van der Waals surface area (Å²) < 4.78 is 31.7. The van der Waals surface area contributed by atoms with Crippen LogP contribution in [0.5, 0.6) is 0 Å². The first-order valence-corrected chi connectivity index (χ1v) is 4.85. The van der Waals surface area contributed by atoms with Gasteiger partial charge >= 0.3 is 12.1 Å². The summed E-state index contributed by atoms with van der Waals surface area (Å²) in [6.45, 7) is 1.83. The largest absolute Gasteiger partial charge is 0.490 e. The Morgan fingerprint density at radius 2 is 1.88 bits per heavy atom. The van der Waals surface area contributed by atoms with E-state index in [9.17, 15) is 18.3 Å². The van der Waals surface area contributed by atoms with Crippen LogP contribution in [-0.2, 0) is 4.79 Å². The van der Waals surface area contributed by atoms with Crippen molar-refractivity contribution in [3.05, 3.63) is 0 Å². The molecular formula is C9H16F3NO3. The molecule has 1 aliphatic rings. The van der Waals surface area contributed by atoms with Gasteiger partial charge in [0, 0.05) is 6.04 Å². The Balaban J connectivity index is 0.000000293. The molecule has 0 heterocycles. The second-order valence-electron chi connectivity index (χ2n) is 4.01. The van der Waals surface area contributed by atoms with Gasteiger partial charge < -0.3 is 15.9 Å². The average molecular weight is 243 g/mol. The van der Waals surface area contributed by atoms with Crippen LogP contribution in [0.1, 0.15) is 32.6 Å². The monoisotopic (exact) mass is 243 g/mol.